The summed E-state index contributed by atoms with van der Waals surface area (Å²) in [6.45, 7) is -1.46. The summed E-state index contributed by atoms with van der Waals surface area (Å²) in [5, 5.41) is 7.23. The van der Waals surface area contributed by atoms with Gasteiger partial charge in [0.1, 0.15) is 24.8 Å². The fourth-order valence-electron chi connectivity index (χ4n) is 4.93. The van der Waals surface area contributed by atoms with Crippen molar-refractivity contribution in [2.45, 2.75) is 49.7 Å². The minimum atomic E-state index is -4.63. The van der Waals surface area contributed by atoms with Crippen molar-refractivity contribution >= 4 is 17.7 Å². The minimum Gasteiger partial charge on any atom is -0.448 e. The zero-order valence-corrected chi connectivity index (χ0v) is 24.6. The molecule has 0 unspecified atom stereocenters. The second-order valence-electron chi connectivity index (χ2n) is 10.8. The highest BCUT2D eigenvalue weighted by Crippen LogP contribution is 2.35. The predicted octanol–water partition coefficient (Wildman–Crippen LogP) is 6.12. The van der Waals surface area contributed by atoms with Crippen molar-refractivity contribution in [3.63, 3.8) is 0 Å². The van der Waals surface area contributed by atoms with Crippen LogP contribution in [-0.4, -0.2) is 61.6 Å². The summed E-state index contributed by atoms with van der Waals surface area (Å²) in [6, 6.07) is 9.01. The lowest BCUT2D eigenvalue weighted by Gasteiger charge is -2.30. The molecule has 0 bridgehead atoms. The number of ether oxygens (including phenoxy) is 2. The molecule has 0 radical (unpaired) electrons. The molecule has 47 heavy (non-hydrogen) atoms. The van der Waals surface area contributed by atoms with E-state index >= 15 is 0 Å². The number of anilines is 1. The van der Waals surface area contributed by atoms with Gasteiger partial charge in [0.25, 0.3) is 0 Å². The molecule has 1 aromatic heterocycles. The van der Waals surface area contributed by atoms with Crippen LogP contribution in [0.15, 0.2) is 60.9 Å². The van der Waals surface area contributed by atoms with Gasteiger partial charge in [0.05, 0.1) is 42.4 Å². The summed E-state index contributed by atoms with van der Waals surface area (Å²) in [7, 11) is 0. The first-order chi connectivity index (χ1) is 22.2. The number of hydrogen-bond donors (Lipinski definition) is 3. The van der Waals surface area contributed by atoms with E-state index in [1.807, 2.05) is 0 Å². The second kappa shape index (κ2) is 15.5. The van der Waals surface area contributed by atoms with E-state index in [4.69, 9.17) is 9.47 Å². The summed E-state index contributed by atoms with van der Waals surface area (Å²) < 4.78 is 116. The number of nitrogens with one attached hydrogen (secondary N) is 3. The number of halogens is 8. The molecule has 4 rings (SSSR count). The van der Waals surface area contributed by atoms with Gasteiger partial charge in [-0.3, -0.25) is 9.78 Å². The number of nitrogens with zero attached hydrogens (tertiary/aromatic N) is 1. The molecule has 0 aliphatic carbocycles. The van der Waals surface area contributed by atoms with E-state index in [9.17, 15) is 44.7 Å². The molecule has 1 fully saturated rings. The third kappa shape index (κ3) is 10.9. The Bertz CT molecular complexity index is 1510. The Morgan fingerprint density at radius 2 is 1.77 bits per heavy atom. The maximum atomic E-state index is 14.9. The topological polar surface area (TPSA) is 102 Å². The lowest BCUT2D eigenvalue weighted by molar-refractivity contribution is -0.137. The number of amides is 2. The van der Waals surface area contributed by atoms with Gasteiger partial charge in [-0.15, -0.1) is 0 Å². The standard InChI is InChI=1S/C31H30F8N4O4/c32-21-6-4-18(5-7-21)25(19-2-1-3-20(10-19)31(37,38)39)11-28(44)43-27-14-40-13-26(33)24(27)9-8-23-12-41-22(15-46-23)16-47-29(45)42-17-30(34,35)36/h1-7,10,13-14,22-23,25,41H,8-9,11-12,15-17H2,(H,42,45)(H,43,44)/t22-,23+,25-/m0/s1. The van der Waals surface area contributed by atoms with Crippen molar-refractivity contribution in [3.8, 4) is 0 Å². The number of alkyl carbamates (subject to hydrolysis) is 1. The highest BCUT2D eigenvalue weighted by molar-refractivity contribution is 5.92. The summed E-state index contributed by atoms with van der Waals surface area (Å²) >= 11 is 0. The predicted molar refractivity (Wildman–Crippen MR) is 152 cm³/mol. The fraction of sp³-hybridized carbons (Fsp3) is 0.387. The first kappa shape index (κ1) is 35.5. The number of pyridine rings is 1. The Balaban J connectivity index is 1.36. The van der Waals surface area contributed by atoms with Crippen molar-refractivity contribution < 1.29 is 54.2 Å². The van der Waals surface area contributed by atoms with Crippen molar-refractivity contribution in [1.29, 1.82) is 0 Å². The van der Waals surface area contributed by atoms with Gasteiger partial charge in [0.15, 0.2) is 0 Å². The zero-order chi connectivity index (χ0) is 34.2. The van der Waals surface area contributed by atoms with Crippen LogP contribution in [0.3, 0.4) is 0 Å². The van der Waals surface area contributed by atoms with Gasteiger partial charge in [-0.25, -0.2) is 13.6 Å². The van der Waals surface area contributed by atoms with Crippen LogP contribution < -0.4 is 16.0 Å². The van der Waals surface area contributed by atoms with E-state index < -0.39 is 66.2 Å². The Labute approximate surface area is 263 Å². The number of carbonyl (C=O) groups is 2. The highest BCUT2D eigenvalue weighted by atomic mass is 19.4. The van der Waals surface area contributed by atoms with Gasteiger partial charge < -0.3 is 25.4 Å². The molecule has 8 nitrogen and oxygen atoms in total. The smallest absolute Gasteiger partial charge is 0.416 e. The third-order valence-corrected chi connectivity index (χ3v) is 7.29. The molecule has 2 aromatic carbocycles. The van der Waals surface area contributed by atoms with E-state index in [1.165, 1.54) is 30.5 Å². The zero-order valence-electron chi connectivity index (χ0n) is 24.6. The number of hydrogen-bond acceptors (Lipinski definition) is 6. The Hall–Kier alpha value is -4.31. The number of rotatable bonds is 11. The van der Waals surface area contributed by atoms with Crippen molar-refractivity contribution in [3.05, 3.63) is 94.8 Å². The number of carbonyl (C=O) groups excluding carboxylic acids is 2. The van der Waals surface area contributed by atoms with Crippen LogP contribution in [-0.2, 0) is 26.9 Å². The molecule has 1 saturated heterocycles. The molecule has 16 heteroatoms. The van der Waals surface area contributed by atoms with E-state index in [1.54, 1.807) is 5.32 Å². The van der Waals surface area contributed by atoms with Gasteiger partial charge in [0, 0.05) is 24.4 Å². The number of aromatic nitrogens is 1. The summed E-state index contributed by atoms with van der Waals surface area (Å²) in [4.78, 5) is 28.5. The maximum absolute atomic E-state index is 14.9. The highest BCUT2D eigenvalue weighted by Gasteiger charge is 2.32. The van der Waals surface area contributed by atoms with Crippen molar-refractivity contribution in [2.24, 2.45) is 0 Å². The van der Waals surface area contributed by atoms with Crippen LogP contribution in [0.25, 0.3) is 0 Å². The molecule has 254 valence electrons. The molecule has 3 N–H and O–H groups in total. The third-order valence-electron chi connectivity index (χ3n) is 7.29. The quantitative estimate of drug-likeness (QED) is 0.212. The number of alkyl halides is 6. The van der Waals surface area contributed by atoms with Gasteiger partial charge in [-0.1, -0.05) is 30.3 Å². The fourth-order valence-corrected chi connectivity index (χ4v) is 4.93. The van der Waals surface area contributed by atoms with E-state index in [0.29, 0.717) is 5.56 Å². The summed E-state index contributed by atoms with van der Waals surface area (Å²) in [6.07, 6.45) is -8.64. The molecule has 1 aliphatic heterocycles. The molecule has 2 heterocycles. The van der Waals surface area contributed by atoms with Gasteiger partial charge >= 0.3 is 18.4 Å². The number of morpholine rings is 1. The van der Waals surface area contributed by atoms with Crippen LogP contribution >= 0.6 is 0 Å². The molecule has 1 aliphatic rings. The van der Waals surface area contributed by atoms with Crippen molar-refractivity contribution in [1.82, 2.24) is 15.6 Å². The van der Waals surface area contributed by atoms with Crippen LogP contribution in [0, 0.1) is 11.6 Å². The largest absolute Gasteiger partial charge is 0.448 e. The molecule has 0 saturated carbocycles. The average molecular weight is 675 g/mol. The summed E-state index contributed by atoms with van der Waals surface area (Å²) in [5.41, 5.74) is -0.181. The summed E-state index contributed by atoms with van der Waals surface area (Å²) in [5.74, 6) is -2.82. The van der Waals surface area contributed by atoms with Crippen LogP contribution in [0.5, 0.6) is 0 Å². The lowest BCUT2D eigenvalue weighted by atomic mass is 9.87. The Morgan fingerprint density at radius 1 is 1.02 bits per heavy atom. The second-order valence-corrected chi connectivity index (χ2v) is 10.8. The van der Waals surface area contributed by atoms with Gasteiger partial charge in [0.2, 0.25) is 5.91 Å². The van der Waals surface area contributed by atoms with E-state index in [0.717, 1.165) is 30.5 Å². The lowest BCUT2D eigenvalue weighted by Crippen LogP contribution is -2.49. The Kier molecular flexibility index (Phi) is 11.7. The Morgan fingerprint density at radius 3 is 2.43 bits per heavy atom. The minimum absolute atomic E-state index is 0.0526. The monoisotopic (exact) mass is 674 g/mol. The molecule has 0 spiro atoms. The van der Waals surface area contributed by atoms with Gasteiger partial charge in [-0.2, -0.15) is 26.3 Å². The van der Waals surface area contributed by atoms with E-state index in [2.05, 4.69) is 15.6 Å². The maximum Gasteiger partial charge on any atom is 0.416 e. The van der Waals surface area contributed by atoms with Gasteiger partial charge in [-0.05, 0) is 42.2 Å². The van der Waals surface area contributed by atoms with Crippen molar-refractivity contribution in [2.75, 3.05) is 31.6 Å². The average Bonchev–Trinajstić information content (AvgIpc) is 3.02. The first-order valence-electron chi connectivity index (χ1n) is 14.3. The number of benzene rings is 2. The molecular weight excluding hydrogens is 644 g/mol. The normalized spacial score (nSPS) is 17.5. The van der Waals surface area contributed by atoms with E-state index in [-0.39, 0.29) is 55.8 Å². The first-order valence-corrected chi connectivity index (χ1v) is 14.3. The van der Waals surface area contributed by atoms with Crippen LogP contribution in [0.1, 0.15) is 41.0 Å². The van der Waals surface area contributed by atoms with Crippen LogP contribution in [0.2, 0.25) is 0 Å². The molecular formula is C31H30F8N4O4. The SMILES string of the molecule is O=C(C[C@@H](c1ccc(F)cc1)c1cccc(C(F)(F)F)c1)Nc1cncc(F)c1CC[C@@H]1CN[C@H](COC(=O)NCC(F)(F)F)CO1. The van der Waals surface area contributed by atoms with Crippen LogP contribution in [0.4, 0.5) is 45.6 Å². The molecule has 3 atom stereocenters. The molecule has 2 amide bonds. The molecule has 3 aromatic rings.